The molecule has 1 N–H and O–H groups in total. The first kappa shape index (κ1) is 24.3. The van der Waals surface area contributed by atoms with Crippen LogP contribution >= 0.6 is 11.8 Å². The van der Waals surface area contributed by atoms with E-state index in [-0.39, 0.29) is 11.6 Å². The van der Waals surface area contributed by atoms with Gasteiger partial charge in [0.25, 0.3) is 0 Å². The summed E-state index contributed by atoms with van der Waals surface area (Å²) in [6.07, 6.45) is -1.14. The summed E-state index contributed by atoms with van der Waals surface area (Å²) in [5.74, 6) is 0.866. The maximum absolute atomic E-state index is 12.8. The highest BCUT2D eigenvalue weighted by Crippen LogP contribution is 2.32. The Morgan fingerprint density at radius 1 is 1.00 bits per heavy atom. The van der Waals surface area contributed by atoms with Gasteiger partial charge in [-0.3, -0.25) is 14.3 Å². The molecule has 4 aromatic rings. The molecular formula is C24H20F3N5O2S. The number of anilines is 1. The third-order valence-corrected chi connectivity index (χ3v) is 6.08. The van der Waals surface area contributed by atoms with Crippen molar-refractivity contribution in [1.29, 1.82) is 0 Å². The number of nitrogens with one attached hydrogen (secondary N) is 1. The smallest absolute Gasteiger partial charge is 0.416 e. The Kier molecular flexibility index (Phi) is 7.06. The Balaban J connectivity index is 1.58. The van der Waals surface area contributed by atoms with Gasteiger partial charge in [0.2, 0.25) is 5.91 Å². The minimum atomic E-state index is -4.44. The van der Waals surface area contributed by atoms with Crippen molar-refractivity contribution in [3.8, 4) is 22.8 Å². The lowest BCUT2D eigenvalue weighted by Crippen LogP contribution is -2.23. The van der Waals surface area contributed by atoms with Crippen molar-refractivity contribution in [3.63, 3.8) is 0 Å². The number of hydrogen-bond acceptors (Lipinski definition) is 6. The van der Waals surface area contributed by atoms with Crippen molar-refractivity contribution in [2.75, 3.05) is 12.4 Å². The summed E-state index contributed by atoms with van der Waals surface area (Å²) in [5.41, 5.74) is 1.04. The second-order valence-corrected chi connectivity index (χ2v) is 8.71. The molecular weight excluding hydrogens is 479 g/mol. The van der Waals surface area contributed by atoms with Crippen LogP contribution in [0.15, 0.2) is 78.2 Å². The molecule has 11 heteroatoms. The Morgan fingerprint density at radius 3 is 2.26 bits per heavy atom. The molecule has 0 bridgehead atoms. The number of carbonyl (C=O) groups excluding carboxylic acids is 1. The number of thioether (sulfide) groups is 1. The fourth-order valence-corrected chi connectivity index (χ4v) is 4.06. The monoisotopic (exact) mass is 499 g/mol. The zero-order valence-corrected chi connectivity index (χ0v) is 19.5. The lowest BCUT2D eigenvalue weighted by molar-refractivity contribution is -0.137. The number of hydrogen-bond donors (Lipinski definition) is 1. The van der Waals surface area contributed by atoms with Gasteiger partial charge in [-0.2, -0.15) is 13.2 Å². The molecule has 7 nitrogen and oxygen atoms in total. The van der Waals surface area contributed by atoms with E-state index in [9.17, 15) is 18.0 Å². The first-order chi connectivity index (χ1) is 16.8. The highest BCUT2D eigenvalue weighted by atomic mass is 32.2. The van der Waals surface area contributed by atoms with E-state index in [0.717, 1.165) is 23.4 Å². The SMILES string of the molecule is COc1ccc(-n2c(SC(C)C(=O)Nc3ccc(C(F)(F)F)cc3)nnc2-c2ccncc2)cc1. The molecule has 0 aliphatic heterocycles. The zero-order valence-electron chi connectivity index (χ0n) is 18.7. The van der Waals surface area contributed by atoms with Crippen LogP contribution in [0, 0.1) is 0 Å². The maximum Gasteiger partial charge on any atom is 0.416 e. The van der Waals surface area contributed by atoms with E-state index < -0.39 is 17.0 Å². The van der Waals surface area contributed by atoms with Gasteiger partial charge in [-0.25, -0.2) is 0 Å². The number of methoxy groups -OCH3 is 1. The average molecular weight is 500 g/mol. The van der Waals surface area contributed by atoms with Crippen molar-refractivity contribution >= 4 is 23.4 Å². The molecule has 0 spiro atoms. The largest absolute Gasteiger partial charge is 0.497 e. The molecule has 0 saturated carbocycles. The topological polar surface area (TPSA) is 81.9 Å². The van der Waals surface area contributed by atoms with Crippen LogP contribution in [0.25, 0.3) is 17.1 Å². The van der Waals surface area contributed by atoms with Crippen molar-refractivity contribution < 1.29 is 22.7 Å². The third kappa shape index (κ3) is 5.62. The molecule has 35 heavy (non-hydrogen) atoms. The molecule has 2 heterocycles. The van der Waals surface area contributed by atoms with Crippen LogP contribution in [0.1, 0.15) is 12.5 Å². The molecule has 1 amide bonds. The molecule has 2 aromatic heterocycles. The van der Waals surface area contributed by atoms with E-state index in [1.165, 1.54) is 23.9 Å². The fourth-order valence-electron chi connectivity index (χ4n) is 3.20. The van der Waals surface area contributed by atoms with E-state index >= 15 is 0 Å². The number of rotatable bonds is 7. The Bertz CT molecular complexity index is 1290. The minimum Gasteiger partial charge on any atom is -0.497 e. The summed E-state index contributed by atoms with van der Waals surface area (Å²) >= 11 is 1.18. The number of benzene rings is 2. The molecule has 1 atom stereocenters. The van der Waals surface area contributed by atoms with Crippen molar-refractivity contribution in [3.05, 3.63) is 78.6 Å². The zero-order chi connectivity index (χ0) is 25.0. The predicted molar refractivity (Wildman–Crippen MR) is 127 cm³/mol. The van der Waals surface area contributed by atoms with Gasteiger partial charge >= 0.3 is 6.18 Å². The fraction of sp³-hybridized carbons (Fsp3) is 0.167. The van der Waals surface area contributed by atoms with Gasteiger partial charge in [0.1, 0.15) is 5.75 Å². The lowest BCUT2D eigenvalue weighted by Gasteiger charge is -2.15. The Morgan fingerprint density at radius 2 is 1.66 bits per heavy atom. The second-order valence-electron chi connectivity index (χ2n) is 7.40. The summed E-state index contributed by atoms with van der Waals surface area (Å²) in [5, 5.41) is 11.1. The third-order valence-electron chi connectivity index (χ3n) is 5.03. The van der Waals surface area contributed by atoms with Gasteiger partial charge < -0.3 is 10.1 Å². The van der Waals surface area contributed by atoms with Gasteiger partial charge in [-0.05, 0) is 67.6 Å². The number of alkyl halides is 3. The Labute approximate surface area is 203 Å². The van der Waals surface area contributed by atoms with Crippen LogP contribution in [0.3, 0.4) is 0 Å². The van der Waals surface area contributed by atoms with Gasteiger partial charge in [0.15, 0.2) is 11.0 Å². The average Bonchev–Trinajstić information content (AvgIpc) is 3.27. The van der Waals surface area contributed by atoms with E-state index in [4.69, 9.17) is 4.74 Å². The summed E-state index contributed by atoms with van der Waals surface area (Å²) in [4.78, 5) is 16.8. The minimum absolute atomic E-state index is 0.268. The van der Waals surface area contributed by atoms with Crippen molar-refractivity contribution in [2.24, 2.45) is 0 Å². The molecule has 0 saturated heterocycles. The van der Waals surface area contributed by atoms with E-state index in [1.54, 1.807) is 50.7 Å². The van der Waals surface area contributed by atoms with Gasteiger partial charge in [-0.15, -0.1) is 10.2 Å². The van der Waals surface area contributed by atoms with E-state index in [2.05, 4.69) is 20.5 Å². The number of aromatic nitrogens is 4. The molecule has 0 aliphatic rings. The molecule has 0 fully saturated rings. The summed E-state index contributed by atoms with van der Waals surface area (Å²) < 4.78 is 45.4. The number of amides is 1. The number of nitrogens with zero attached hydrogens (tertiary/aromatic N) is 4. The maximum atomic E-state index is 12.8. The summed E-state index contributed by atoms with van der Waals surface area (Å²) in [7, 11) is 1.58. The molecule has 180 valence electrons. The van der Waals surface area contributed by atoms with Crippen LogP contribution in [-0.4, -0.2) is 38.0 Å². The van der Waals surface area contributed by atoms with Gasteiger partial charge in [-0.1, -0.05) is 11.8 Å². The standard InChI is InChI=1S/C24H20F3N5O2S/c1-15(22(33)29-18-5-3-17(4-6-18)24(25,26)27)35-23-31-30-21(16-11-13-28-14-12-16)32(23)19-7-9-20(34-2)10-8-19/h3-15H,1-2H3,(H,29,33). The van der Waals surface area contributed by atoms with E-state index in [1.807, 2.05) is 16.7 Å². The molecule has 0 radical (unpaired) electrons. The number of halogens is 3. The van der Waals surface area contributed by atoms with Crippen molar-refractivity contribution in [1.82, 2.24) is 19.7 Å². The highest BCUT2D eigenvalue weighted by molar-refractivity contribution is 8.00. The molecule has 1 unspecified atom stereocenters. The van der Waals surface area contributed by atoms with Gasteiger partial charge in [0, 0.05) is 29.3 Å². The summed E-state index contributed by atoms with van der Waals surface area (Å²) in [6.45, 7) is 1.68. The van der Waals surface area contributed by atoms with Crippen LogP contribution in [0.4, 0.5) is 18.9 Å². The second kappa shape index (κ2) is 10.2. The lowest BCUT2D eigenvalue weighted by atomic mass is 10.2. The van der Waals surface area contributed by atoms with Crippen LogP contribution in [0.2, 0.25) is 0 Å². The highest BCUT2D eigenvalue weighted by Gasteiger charge is 2.30. The van der Waals surface area contributed by atoms with E-state index in [0.29, 0.717) is 16.7 Å². The molecule has 2 aromatic carbocycles. The number of carbonyl (C=O) groups is 1. The molecule has 0 aliphatic carbocycles. The van der Waals surface area contributed by atoms with Crippen molar-refractivity contribution in [2.45, 2.75) is 23.5 Å². The normalized spacial score (nSPS) is 12.3. The predicted octanol–water partition coefficient (Wildman–Crippen LogP) is 5.48. The summed E-state index contributed by atoms with van der Waals surface area (Å²) in [6, 6.07) is 15.2. The first-order valence-electron chi connectivity index (χ1n) is 10.4. The van der Waals surface area contributed by atoms with Crippen LogP contribution in [-0.2, 0) is 11.0 Å². The quantitative estimate of drug-likeness (QED) is 0.339. The van der Waals surface area contributed by atoms with Crippen LogP contribution < -0.4 is 10.1 Å². The number of ether oxygens (including phenoxy) is 1. The van der Waals surface area contributed by atoms with Gasteiger partial charge in [0.05, 0.1) is 17.9 Å². The Hall–Kier alpha value is -3.86. The molecule has 4 rings (SSSR count). The number of pyridine rings is 1. The van der Waals surface area contributed by atoms with Crippen LogP contribution in [0.5, 0.6) is 5.75 Å². The first-order valence-corrected chi connectivity index (χ1v) is 11.3.